The van der Waals surface area contributed by atoms with Crippen LogP contribution < -0.4 is 0 Å². The van der Waals surface area contributed by atoms with Crippen LogP contribution in [0.5, 0.6) is 0 Å². The summed E-state index contributed by atoms with van der Waals surface area (Å²) in [5, 5.41) is 9.28. The van der Waals surface area contributed by atoms with Gasteiger partial charge in [0.15, 0.2) is 0 Å². The summed E-state index contributed by atoms with van der Waals surface area (Å²) in [6.45, 7) is 5.86. The van der Waals surface area contributed by atoms with Crippen molar-refractivity contribution in [3.05, 3.63) is 29.6 Å². The van der Waals surface area contributed by atoms with Gasteiger partial charge in [0, 0.05) is 12.7 Å². The first-order valence-corrected chi connectivity index (χ1v) is 8.01. The highest BCUT2D eigenvalue weighted by molar-refractivity contribution is 5.70. The number of likely N-dealkylation sites (tertiary alicyclic amines) is 1. The van der Waals surface area contributed by atoms with E-state index < -0.39 is 5.97 Å². The summed E-state index contributed by atoms with van der Waals surface area (Å²) < 4.78 is 0. The fraction of sp³-hybridized carbons (Fsp3) is 0.647. The molecule has 1 aromatic heterocycles. The largest absolute Gasteiger partial charge is 0.481 e. The molecule has 2 rings (SSSR count). The molecule has 0 spiro atoms. The molecule has 1 fully saturated rings. The van der Waals surface area contributed by atoms with Gasteiger partial charge in [-0.1, -0.05) is 25.8 Å². The van der Waals surface area contributed by atoms with Crippen LogP contribution in [0.1, 0.15) is 56.3 Å². The van der Waals surface area contributed by atoms with Gasteiger partial charge in [-0.3, -0.25) is 14.7 Å². The summed E-state index contributed by atoms with van der Waals surface area (Å²) in [6.07, 6.45) is 7.03. The molecule has 1 aliphatic rings. The molecule has 116 valence electrons. The van der Waals surface area contributed by atoms with Crippen LogP contribution in [0.3, 0.4) is 0 Å². The number of hydrogen-bond acceptors (Lipinski definition) is 3. The maximum atomic E-state index is 11.3. The molecular formula is C17H26N2O2. The second-order valence-corrected chi connectivity index (χ2v) is 6.09. The highest BCUT2D eigenvalue weighted by Crippen LogP contribution is 2.30. The van der Waals surface area contributed by atoms with Crippen molar-refractivity contribution >= 4 is 5.97 Å². The summed E-state index contributed by atoms with van der Waals surface area (Å²) in [7, 11) is 0. The van der Waals surface area contributed by atoms with Crippen LogP contribution >= 0.6 is 0 Å². The Kier molecular flexibility index (Phi) is 5.74. The molecule has 0 saturated carbocycles. The van der Waals surface area contributed by atoms with Gasteiger partial charge in [0.25, 0.3) is 0 Å². The van der Waals surface area contributed by atoms with E-state index in [1.165, 1.54) is 0 Å². The van der Waals surface area contributed by atoms with E-state index >= 15 is 0 Å². The summed E-state index contributed by atoms with van der Waals surface area (Å²) >= 11 is 0. The van der Waals surface area contributed by atoms with E-state index in [-0.39, 0.29) is 12.0 Å². The average molecular weight is 290 g/mol. The highest BCUT2D eigenvalue weighted by atomic mass is 16.4. The Morgan fingerprint density at radius 1 is 1.52 bits per heavy atom. The van der Waals surface area contributed by atoms with Crippen LogP contribution in [-0.4, -0.2) is 34.0 Å². The van der Waals surface area contributed by atoms with E-state index in [9.17, 15) is 9.90 Å². The number of carboxylic acid groups (broad SMARTS) is 1. The van der Waals surface area contributed by atoms with Crippen LogP contribution in [0.2, 0.25) is 0 Å². The molecule has 1 aliphatic heterocycles. The van der Waals surface area contributed by atoms with E-state index in [1.54, 1.807) is 0 Å². The number of carboxylic acids is 1. The molecule has 0 bridgehead atoms. The van der Waals surface area contributed by atoms with E-state index in [2.05, 4.69) is 28.9 Å². The molecule has 1 aromatic rings. The minimum absolute atomic E-state index is 0.228. The van der Waals surface area contributed by atoms with Gasteiger partial charge in [-0.15, -0.1) is 0 Å². The van der Waals surface area contributed by atoms with Gasteiger partial charge in [0.1, 0.15) is 0 Å². The Morgan fingerprint density at radius 2 is 2.33 bits per heavy atom. The first-order valence-electron chi connectivity index (χ1n) is 8.01. The first-order chi connectivity index (χ1) is 10.1. The van der Waals surface area contributed by atoms with E-state index in [0.717, 1.165) is 49.9 Å². The van der Waals surface area contributed by atoms with Gasteiger partial charge in [0.2, 0.25) is 0 Å². The molecule has 0 radical (unpaired) electrons. The molecular weight excluding hydrogens is 264 g/mol. The van der Waals surface area contributed by atoms with E-state index in [1.807, 2.05) is 13.1 Å². The predicted molar refractivity (Wildman–Crippen MR) is 83.2 cm³/mol. The summed E-state index contributed by atoms with van der Waals surface area (Å²) in [4.78, 5) is 18.2. The van der Waals surface area contributed by atoms with E-state index in [0.29, 0.717) is 6.54 Å². The molecule has 4 heteroatoms. The van der Waals surface area contributed by atoms with Crippen molar-refractivity contribution in [3.8, 4) is 0 Å². The number of hydrogen-bond donors (Lipinski definition) is 1. The minimum atomic E-state index is -0.661. The van der Waals surface area contributed by atoms with Crippen LogP contribution in [0.15, 0.2) is 18.3 Å². The Labute approximate surface area is 127 Å². The first kappa shape index (κ1) is 16.0. The molecule has 0 amide bonds. The molecule has 4 nitrogen and oxygen atoms in total. The quantitative estimate of drug-likeness (QED) is 0.872. The molecule has 1 saturated heterocycles. The topological polar surface area (TPSA) is 53.4 Å². The zero-order valence-corrected chi connectivity index (χ0v) is 13.1. The normalized spacial score (nSPS) is 21.1. The van der Waals surface area contributed by atoms with Gasteiger partial charge in [-0.2, -0.15) is 0 Å². The lowest BCUT2D eigenvalue weighted by Crippen LogP contribution is -2.41. The maximum Gasteiger partial charge on any atom is 0.307 e. The molecule has 0 aromatic carbocycles. The standard InChI is InChI=1S/C17H26N2O2/c1-3-4-7-16(15-9-8-13(2)11-18-15)19-10-5-6-14(12-19)17(20)21/h8-9,11,14,16H,3-7,10,12H2,1-2H3,(H,20,21). The Bertz CT molecular complexity index is 458. The third-order valence-electron chi connectivity index (χ3n) is 4.35. The number of aromatic nitrogens is 1. The molecule has 2 unspecified atom stereocenters. The van der Waals surface area contributed by atoms with Gasteiger partial charge in [0.05, 0.1) is 17.7 Å². The predicted octanol–water partition coefficient (Wildman–Crippen LogP) is 3.42. The molecule has 0 aliphatic carbocycles. The summed E-state index contributed by atoms with van der Waals surface area (Å²) in [5.41, 5.74) is 2.25. The number of rotatable bonds is 6. The Hall–Kier alpha value is -1.42. The molecule has 2 atom stereocenters. The lowest BCUT2D eigenvalue weighted by Gasteiger charge is -2.37. The number of pyridine rings is 1. The summed E-state index contributed by atoms with van der Waals surface area (Å²) in [5.74, 6) is -0.890. The monoisotopic (exact) mass is 290 g/mol. The van der Waals surface area contributed by atoms with Crippen molar-refractivity contribution in [2.24, 2.45) is 5.92 Å². The van der Waals surface area contributed by atoms with Gasteiger partial charge < -0.3 is 5.11 Å². The maximum absolute atomic E-state index is 11.3. The average Bonchev–Trinajstić information content (AvgIpc) is 2.49. The number of piperidine rings is 1. The van der Waals surface area contributed by atoms with Gasteiger partial charge in [-0.25, -0.2) is 0 Å². The molecule has 1 N–H and O–H groups in total. The lowest BCUT2D eigenvalue weighted by molar-refractivity contribution is -0.144. The fourth-order valence-corrected chi connectivity index (χ4v) is 3.08. The van der Waals surface area contributed by atoms with Crippen molar-refractivity contribution in [1.29, 1.82) is 0 Å². The second kappa shape index (κ2) is 7.55. The smallest absolute Gasteiger partial charge is 0.307 e. The van der Waals surface area contributed by atoms with Crippen molar-refractivity contribution in [2.45, 2.75) is 52.0 Å². The van der Waals surface area contributed by atoms with Crippen molar-refractivity contribution in [2.75, 3.05) is 13.1 Å². The van der Waals surface area contributed by atoms with Crippen LogP contribution in [0, 0.1) is 12.8 Å². The highest BCUT2D eigenvalue weighted by Gasteiger charge is 2.30. The zero-order chi connectivity index (χ0) is 15.2. The zero-order valence-electron chi connectivity index (χ0n) is 13.1. The van der Waals surface area contributed by atoms with E-state index in [4.69, 9.17) is 0 Å². The fourth-order valence-electron chi connectivity index (χ4n) is 3.08. The molecule has 2 heterocycles. The number of nitrogens with zero attached hydrogens (tertiary/aromatic N) is 2. The van der Waals surface area contributed by atoms with Crippen LogP contribution in [0.25, 0.3) is 0 Å². The Morgan fingerprint density at radius 3 is 2.95 bits per heavy atom. The number of aryl methyl sites for hydroxylation is 1. The SMILES string of the molecule is CCCCC(c1ccc(C)cn1)N1CCCC(C(=O)O)C1. The Balaban J connectivity index is 2.14. The molecule has 21 heavy (non-hydrogen) atoms. The number of carbonyl (C=O) groups is 1. The lowest BCUT2D eigenvalue weighted by atomic mass is 9.94. The van der Waals surface area contributed by atoms with Crippen molar-refractivity contribution in [3.63, 3.8) is 0 Å². The minimum Gasteiger partial charge on any atom is -0.481 e. The van der Waals surface area contributed by atoms with Crippen LogP contribution in [-0.2, 0) is 4.79 Å². The van der Waals surface area contributed by atoms with Crippen molar-refractivity contribution in [1.82, 2.24) is 9.88 Å². The summed E-state index contributed by atoms with van der Waals surface area (Å²) in [6, 6.07) is 4.45. The van der Waals surface area contributed by atoms with Crippen LogP contribution in [0.4, 0.5) is 0 Å². The third kappa shape index (κ3) is 4.27. The number of unbranched alkanes of at least 4 members (excludes halogenated alkanes) is 1. The third-order valence-corrected chi connectivity index (χ3v) is 4.35. The van der Waals surface area contributed by atoms with Gasteiger partial charge >= 0.3 is 5.97 Å². The second-order valence-electron chi connectivity index (χ2n) is 6.09. The van der Waals surface area contributed by atoms with Gasteiger partial charge in [-0.05, 0) is 44.4 Å². The number of aliphatic carboxylic acids is 1. The van der Waals surface area contributed by atoms with Crippen molar-refractivity contribution < 1.29 is 9.90 Å².